The highest BCUT2D eigenvalue weighted by Crippen LogP contribution is 2.49. The van der Waals surface area contributed by atoms with E-state index < -0.39 is 21.4 Å². The first-order valence-corrected chi connectivity index (χ1v) is 44.4. The molecule has 0 amide bonds. The minimum absolute atomic E-state index is 0.787. The number of pyridine rings is 3. The smallest absolute Gasteiger partial charge is 0.173 e. The van der Waals surface area contributed by atoms with Gasteiger partial charge in [-0.3, -0.25) is 13.2 Å². The molecule has 0 bridgehead atoms. The molecule has 0 N–H and O–H groups in total. The second-order valence-electron chi connectivity index (χ2n) is 29.8. The normalized spacial score (nSPS) is 12.2. The minimum atomic E-state index is -3.23. The lowest BCUT2D eigenvalue weighted by Crippen LogP contribution is -2.26. The van der Waals surface area contributed by atoms with Gasteiger partial charge in [-0.15, -0.1) is 0 Å². The minimum Gasteiger partial charge on any atom is -0.309 e. The Kier molecular flexibility index (Phi) is 16.6. The van der Waals surface area contributed by atoms with Crippen molar-refractivity contribution in [2.45, 2.75) is 0 Å². The summed E-state index contributed by atoms with van der Waals surface area (Å²) in [5, 5.41) is 25.0. The zero-order valence-corrected chi connectivity index (χ0v) is 65.8. The molecule has 0 aliphatic heterocycles. The second kappa shape index (κ2) is 27.8. The highest BCUT2D eigenvalue weighted by atomic mass is 31.2. The first-order chi connectivity index (χ1) is 57.7. The van der Waals surface area contributed by atoms with Gasteiger partial charge in [-0.1, -0.05) is 334 Å². The summed E-state index contributed by atoms with van der Waals surface area (Å²) in [6, 6.07) is 142. The number of aromatic nitrogens is 6. The molecule has 0 unspecified atom stereocenters. The molecule has 0 aliphatic rings. The quantitative estimate of drug-likeness (QED) is 0.105. The first kappa shape index (κ1) is 69.5. The first-order valence-electron chi connectivity index (χ1n) is 39.3. The number of fused-ring (bicyclic) bond motifs is 30. The number of nitrogens with zero attached hydrogens (tertiary/aromatic N) is 6. The lowest BCUT2D eigenvalue weighted by atomic mass is 9.99. The molecule has 18 aromatic carbocycles. The topological polar surface area (TPSA) is 103 Å². The van der Waals surface area contributed by atoms with Crippen LogP contribution in [0.1, 0.15) is 0 Å². The van der Waals surface area contributed by atoms with E-state index in [1.165, 1.54) is 59.2 Å². The Hall–Kier alpha value is -14.2. The van der Waals surface area contributed by atoms with Crippen LogP contribution in [-0.4, -0.2) is 28.2 Å². The van der Waals surface area contributed by atoms with Crippen molar-refractivity contribution in [3.05, 3.63) is 419 Å². The van der Waals surface area contributed by atoms with Crippen molar-refractivity contribution in [2.24, 2.45) is 0 Å². The molecule has 0 fully saturated rings. The van der Waals surface area contributed by atoms with E-state index in [0.717, 1.165) is 136 Å². The van der Waals surface area contributed by atoms with Gasteiger partial charge in [0.25, 0.3) is 0 Å². The van der Waals surface area contributed by atoms with E-state index in [4.69, 9.17) is 15.0 Å². The Balaban J connectivity index is 0.000000106. The van der Waals surface area contributed by atoms with Gasteiger partial charge in [-0.2, -0.15) is 0 Å². The molecule has 0 saturated heterocycles. The number of benzene rings is 18. The Morgan fingerprint density at radius 1 is 0.188 bits per heavy atom. The fourth-order valence-electron chi connectivity index (χ4n) is 18.2. The van der Waals surface area contributed by atoms with Crippen molar-refractivity contribution < 1.29 is 13.7 Å². The van der Waals surface area contributed by atoms with Gasteiger partial charge in [0.05, 0.1) is 49.7 Å². The molecule has 6 aromatic heterocycles. The maximum atomic E-state index is 15.5. The van der Waals surface area contributed by atoms with Crippen LogP contribution < -0.4 is 47.7 Å². The van der Waals surface area contributed by atoms with Crippen molar-refractivity contribution in [2.75, 3.05) is 0 Å². The standard InChI is InChI=1S/3C35H23N2OP/c38-39(25-13-3-1-4-14-25,26-15-5-2-6-16-26)32-21-11-19-30-34(32)37-31-20-10-9-18-28(31)33-27-17-8-7-12-24(27)22-23-29(33)35(37)36-30;38-39(25-12-3-1-4-13-25,26-14-5-2-6-15-26)27-20-22-33-31(23-27)36-35-30-21-19-24-11-7-8-16-28(24)34(30)29-17-9-10-18-32(29)37(33)35;38-39(25-12-3-1-4-13-25,26-14-5-2-6-15-26)27-20-22-31-33(23-27)37-32-18-10-9-17-29(32)34-28-16-8-7-11-24(28)19-21-30(34)35(37)36-31/h3*1-23H. The molecule has 6 heterocycles. The molecule has 0 spiro atoms. The highest BCUT2D eigenvalue weighted by molar-refractivity contribution is 7.86. The molecule has 0 atom stereocenters. The van der Waals surface area contributed by atoms with Gasteiger partial charge in [0, 0.05) is 96.2 Å². The molecule has 24 rings (SSSR count). The highest BCUT2D eigenvalue weighted by Gasteiger charge is 2.36. The molecule has 9 nitrogen and oxygen atoms in total. The third kappa shape index (κ3) is 10.9. The maximum Gasteiger partial charge on any atom is 0.173 e. The van der Waals surface area contributed by atoms with E-state index in [1.54, 1.807) is 0 Å². The zero-order chi connectivity index (χ0) is 77.9. The van der Waals surface area contributed by atoms with E-state index in [2.05, 4.69) is 207 Å². The molecule has 0 aliphatic carbocycles. The van der Waals surface area contributed by atoms with Gasteiger partial charge >= 0.3 is 0 Å². The van der Waals surface area contributed by atoms with Crippen molar-refractivity contribution in [1.82, 2.24) is 28.2 Å². The van der Waals surface area contributed by atoms with E-state index in [0.29, 0.717) is 0 Å². The Morgan fingerprint density at radius 2 is 0.504 bits per heavy atom. The average Bonchev–Trinajstić information content (AvgIpc) is 1.59. The summed E-state index contributed by atoms with van der Waals surface area (Å²) in [6.07, 6.45) is 0. The van der Waals surface area contributed by atoms with Crippen molar-refractivity contribution in [1.29, 1.82) is 0 Å². The average molecular weight is 1560 g/mol. The van der Waals surface area contributed by atoms with Crippen LogP contribution in [0, 0.1) is 0 Å². The Morgan fingerprint density at radius 3 is 0.923 bits per heavy atom. The summed E-state index contributed by atoms with van der Waals surface area (Å²) in [6.45, 7) is 0. The Bertz CT molecular complexity index is 8100. The fourth-order valence-corrected chi connectivity index (χ4v) is 26.4. The predicted octanol–water partition coefficient (Wildman–Crippen LogP) is 22.8. The largest absolute Gasteiger partial charge is 0.309 e. The summed E-state index contributed by atoms with van der Waals surface area (Å²) in [7, 11) is -9.45. The SMILES string of the molecule is O=P(c1ccccc1)(c1ccccc1)c1ccc2c(c1)nc1c3ccc4ccccc4c3c3ccccc3n21.O=P(c1ccccc1)(c1ccccc1)c1ccc2nc3c4ccc5ccccc5c4c4ccccc4n3c2c1.O=P(c1ccccc1)(c1ccccc1)c1cccc2nc3c4ccc5ccccc5c4c4ccccc4n3c12. The third-order valence-electron chi connectivity index (χ3n) is 23.5. The van der Waals surface area contributed by atoms with E-state index in [-0.39, 0.29) is 0 Å². The molecule has 0 radical (unpaired) electrons. The van der Waals surface area contributed by atoms with Crippen LogP contribution in [0.3, 0.4) is 0 Å². The molecule has 0 saturated carbocycles. The molecule has 117 heavy (non-hydrogen) atoms. The van der Waals surface area contributed by atoms with Crippen LogP contribution in [0.2, 0.25) is 0 Å². The summed E-state index contributed by atoms with van der Waals surface area (Å²) in [5.41, 5.74) is 11.4. The summed E-state index contributed by atoms with van der Waals surface area (Å²) in [5.74, 6) is 0. The Labute approximate surface area is 672 Å². The number of hydrogen-bond acceptors (Lipinski definition) is 6. The second-order valence-corrected chi connectivity index (χ2v) is 38.1. The predicted molar refractivity (Wildman–Crippen MR) is 494 cm³/mol. The van der Waals surface area contributed by atoms with E-state index in [9.17, 15) is 0 Å². The molecule has 24 aromatic rings. The van der Waals surface area contributed by atoms with E-state index in [1.807, 2.05) is 224 Å². The van der Waals surface area contributed by atoms with Gasteiger partial charge < -0.3 is 13.7 Å². The summed E-state index contributed by atoms with van der Waals surface area (Å²) >= 11 is 0. The summed E-state index contributed by atoms with van der Waals surface area (Å²) < 4.78 is 52.4. The molecular weight excluding hydrogens is 1490 g/mol. The van der Waals surface area contributed by atoms with Crippen LogP contribution >= 0.6 is 21.4 Å². The monoisotopic (exact) mass is 1550 g/mol. The zero-order valence-electron chi connectivity index (χ0n) is 63.1. The van der Waals surface area contributed by atoms with Crippen LogP contribution in [0.4, 0.5) is 0 Å². The van der Waals surface area contributed by atoms with Crippen LogP contribution in [-0.2, 0) is 13.7 Å². The lowest BCUT2D eigenvalue weighted by molar-refractivity contribution is 0.591. The van der Waals surface area contributed by atoms with Gasteiger partial charge in [0.2, 0.25) is 0 Å². The number of imidazole rings is 3. The van der Waals surface area contributed by atoms with Crippen LogP contribution in [0.15, 0.2) is 419 Å². The number of hydrogen-bond donors (Lipinski definition) is 0. The summed E-state index contributed by atoms with van der Waals surface area (Å²) in [4.78, 5) is 15.5. The van der Waals surface area contributed by atoms with Crippen LogP contribution in [0.25, 0.3) is 147 Å². The maximum absolute atomic E-state index is 15.5. The van der Waals surface area contributed by atoms with Gasteiger partial charge in [0.15, 0.2) is 21.4 Å². The molecule has 552 valence electrons. The molecular formula is C105H69N6O3P3. The third-order valence-corrected chi connectivity index (χ3v) is 32.7. The van der Waals surface area contributed by atoms with Crippen molar-refractivity contribution in [3.8, 4) is 0 Å². The van der Waals surface area contributed by atoms with Gasteiger partial charge in [-0.25, -0.2) is 15.0 Å². The van der Waals surface area contributed by atoms with E-state index >= 15 is 13.7 Å². The van der Waals surface area contributed by atoms with Crippen molar-refractivity contribution in [3.63, 3.8) is 0 Å². The number of para-hydroxylation sites is 4. The van der Waals surface area contributed by atoms with Gasteiger partial charge in [-0.05, 0) is 117 Å². The fraction of sp³-hybridized carbons (Fsp3) is 0. The molecule has 12 heteroatoms. The van der Waals surface area contributed by atoms with Gasteiger partial charge in [0.1, 0.15) is 16.9 Å². The number of rotatable bonds is 9. The lowest BCUT2D eigenvalue weighted by Gasteiger charge is -2.21. The van der Waals surface area contributed by atoms with Crippen LogP contribution in [0.5, 0.6) is 0 Å². The van der Waals surface area contributed by atoms with Crippen molar-refractivity contribution >= 4 is 217 Å².